The second-order valence-electron chi connectivity index (χ2n) is 7.37. The Hall–Kier alpha value is -4.28. The molecule has 0 fully saturated rings. The van der Waals surface area contributed by atoms with E-state index in [4.69, 9.17) is 31.1 Å². The SMILES string of the molecule is COc1cc(/C=C/C(=O)O[C@H](C(=O)Nc2ccc(C)c(Cl)c2)c2ccccc2)ccc1OCC#N. The fourth-order valence-electron chi connectivity index (χ4n) is 3.12. The zero-order valence-corrected chi connectivity index (χ0v) is 19.9. The summed E-state index contributed by atoms with van der Waals surface area (Å²) in [7, 11) is 1.47. The summed E-state index contributed by atoms with van der Waals surface area (Å²) in [4.78, 5) is 25.6. The van der Waals surface area contributed by atoms with Crippen LogP contribution >= 0.6 is 11.6 Å². The maximum atomic E-state index is 13.0. The largest absolute Gasteiger partial charge is 0.493 e. The highest BCUT2D eigenvalue weighted by Gasteiger charge is 2.24. The first-order valence-corrected chi connectivity index (χ1v) is 11.0. The number of amides is 1. The molecular formula is C27H23ClN2O5. The number of ether oxygens (including phenoxy) is 3. The Morgan fingerprint density at radius 3 is 2.54 bits per heavy atom. The van der Waals surface area contributed by atoms with Crippen LogP contribution in [-0.4, -0.2) is 25.6 Å². The van der Waals surface area contributed by atoms with Crippen LogP contribution in [0.1, 0.15) is 22.8 Å². The van der Waals surface area contributed by atoms with Crippen LogP contribution in [0, 0.1) is 18.3 Å². The molecule has 0 radical (unpaired) electrons. The summed E-state index contributed by atoms with van der Waals surface area (Å²) in [6.45, 7) is 1.74. The fourth-order valence-corrected chi connectivity index (χ4v) is 3.30. The number of nitriles is 1. The van der Waals surface area contributed by atoms with Crippen molar-refractivity contribution in [2.75, 3.05) is 19.0 Å². The summed E-state index contributed by atoms with van der Waals surface area (Å²) in [6, 6.07) is 20.7. The lowest BCUT2D eigenvalue weighted by Crippen LogP contribution is -2.25. The zero-order valence-electron chi connectivity index (χ0n) is 19.2. The molecule has 3 aromatic rings. The van der Waals surface area contributed by atoms with Crippen molar-refractivity contribution < 1.29 is 23.8 Å². The molecule has 8 heteroatoms. The van der Waals surface area contributed by atoms with E-state index in [9.17, 15) is 9.59 Å². The van der Waals surface area contributed by atoms with E-state index in [1.54, 1.807) is 66.7 Å². The third-order valence-electron chi connectivity index (χ3n) is 4.91. The Morgan fingerprint density at radius 2 is 1.86 bits per heavy atom. The fraction of sp³-hybridized carbons (Fsp3) is 0.148. The molecule has 0 heterocycles. The number of esters is 1. The molecular weight excluding hydrogens is 468 g/mol. The summed E-state index contributed by atoms with van der Waals surface area (Å²) in [5, 5.41) is 11.9. The van der Waals surface area contributed by atoms with Crippen LogP contribution < -0.4 is 14.8 Å². The van der Waals surface area contributed by atoms with Crippen LogP contribution in [0.4, 0.5) is 5.69 Å². The quantitative estimate of drug-likeness (QED) is 0.314. The average Bonchev–Trinajstić information content (AvgIpc) is 2.87. The number of rotatable bonds is 9. The molecule has 0 saturated carbocycles. The normalized spacial score (nSPS) is 11.4. The molecule has 0 aliphatic carbocycles. The van der Waals surface area contributed by atoms with Gasteiger partial charge in [-0.25, -0.2) is 4.79 Å². The first-order valence-electron chi connectivity index (χ1n) is 10.6. The number of nitrogens with zero attached hydrogens (tertiary/aromatic N) is 1. The maximum Gasteiger partial charge on any atom is 0.331 e. The lowest BCUT2D eigenvalue weighted by atomic mass is 10.1. The lowest BCUT2D eigenvalue weighted by Gasteiger charge is -2.17. The van der Waals surface area contributed by atoms with E-state index >= 15 is 0 Å². The van der Waals surface area contributed by atoms with Gasteiger partial charge in [-0.3, -0.25) is 4.79 Å². The van der Waals surface area contributed by atoms with Crippen molar-refractivity contribution in [2.24, 2.45) is 0 Å². The number of nitrogens with one attached hydrogen (secondary N) is 1. The second kappa shape index (κ2) is 12.3. The van der Waals surface area contributed by atoms with Crippen molar-refractivity contribution >= 4 is 35.2 Å². The zero-order chi connectivity index (χ0) is 25.2. The monoisotopic (exact) mass is 490 g/mol. The van der Waals surface area contributed by atoms with Gasteiger partial charge in [-0.15, -0.1) is 0 Å². The predicted molar refractivity (Wildman–Crippen MR) is 133 cm³/mol. The maximum absolute atomic E-state index is 13.0. The van der Waals surface area contributed by atoms with Gasteiger partial charge in [0, 0.05) is 22.3 Å². The Bertz CT molecular complexity index is 1270. The van der Waals surface area contributed by atoms with Crippen LogP contribution in [0.25, 0.3) is 6.08 Å². The standard InChI is InChI=1S/C27H23ClN2O5/c1-18-8-11-21(17-22(18)28)30-27(32)26(20-6-4-3-5-7-20)35-25(31)13-10-19-9-12-23(34-15-14-29)24(16-19)33-2/h3-13,16-17,26H,15H2,1-2H3,(H,30,32)/b13-10+/t26-/m0/s1. The molecule has 0 saturated heterocycles. The third kappa shape index (κ3) is 7.10. The van der Waals surface area contributed by atoms with Gasteiger partial charge in [0.05, 0.1) is 7.11 Å². The Labute approximate surface area is 208 Å². The van der Waals surface area contributed by atoms with Gasteiger partial charge < -0.3 is 19.5 Å². The molecule has 3 aromatic carbocycles. The van der Waals surface area contributed by atoms with E-state index in [1.165, 1.54) is 19.3 Å². The first-order chi connectivity index (χ1) is 16.9. The van der Waals surface area contributed by atoms with Crippen LogP contribution in [0.15, 0.2) is 72.8 Å². The minimum atomic E-state index is -1.18. The first kappa shape index (κ1) is 25.3. The van der Waals surface area contributed by atoms with Gasteiger partial charge in [-0.1, -0.05) is 54.1 Å². The smallest absolute Gasteiger partial charge is 0.331 e. The minimum absolute atomic E-state index is 0.115. The Balaban J connectivity index is 1.75. The number of carbonyl (C=O) groups is 2. The van der Waals surface area contributed by atoms with Crippen molar-refractivity contribution in [1.29, 1.82) is 5.26 Å². The molecule has 178 valence electrons. The molecule has 0 aliphatic rings. The summed E-state index contributed by atoms with van der Waals surface area (Å²) < 4.78 is 16.1. The molecule has 35 heavy (non-hydrogen) atoms. The van der Waals surface area contributed by atoms with Gasteiger partial charge in [0.25, 0.3) is 5.91 Å². The molecule has 0 bridgehead atoms. The lowest BCUT2D eigenvalue weighted by molar-refractivity contribution is -0.149. The molecule has 1 atom stereocenters. The molecule has 1 amide bonds. The van der Waals surface area contributed by atoms with E-state index in [1.807, 2.05) is 13.0 Å². The number of aryl methyl sites for hydroxylation is 1. The topological polar surface area (TPSA) is 97.7 Å². The number of methoxy groups -OCH3 is 1. The predicted octanol–water partition coefficient (Wildman–Crippen LogP) is 5.50. The van der Waals surface area contributed by atoms with E-state index in [0.717, 1.165) is 5.56 Å². The number of carbonyl (C=O) groups excluding carboxylic acids is 2. The molecule has 0 aliphatic heterocycles. The number of hydrogen-bond acceptors (Lipinski definition) is 6. The van der Waals surface area contributed by atoms with Crippen molar-refractivity contribution in [3.05, 3.63) is 94.5 Å². The molecule has 0 spiro atoms. The summed E-state index contributed by atoms with van der Waals surface area (Å²) in [6.07, 6.45) is 1.57. The number of halogens is 1. The molecule has 3 rings (SSSR count). The highest BCUT2D eigenvalue weighted by molar-refractivity contribution is 6.31. The summed E-state index contributed by atoms with van der Waals surface area (Å²) in [5.41, 5.74) is 2.52. The molecule has 7 nitrogen and oxygen atoms in total. The molecule has 0 unspecified atom stereocenters. The van der Waals surface area contributed by atoms with Crippen LogP contribution in [0.3, 0.4) is 0 Å². The van der Waals surface area contributed by atoms with Crippen molar-refractivity contribution in [3.63, 3.8) is 0 Å². The van der Waals surface area contributed by atoms with Gasteiger partial charge in [0.15, 0.2) is 18.1 Å². The van der Waals surface area contributed by atoms with Crippen molar-refractivity contribution in [3.8, 4) is 17.6 Å². The van der Waals surface area contributed by atoms with Gasteiger partial charge in [-0.05, 0) is 48.4 Å². The van der Waals surface area contributed by atoms with Gasteiger partial charge in [0.2, 0.25) is 6.10 Å². The third-order valence-corrected chi connectivity index (χ3v) is 5.31. The second-order valence-corrected chi connectivity index (χ2v) is 7.78. The minimum Gasteiger partial charge on any atom is -0.493 e. The van der Waals surface area contributed by atoms with E-state index in [2.05, 4.69) is 5.32 Å². The van der Waals surface area contributed by atoms with Crippen LogP contribution in [0.2, 0.25) is 5.02 Å². The number of benzene rings is 3. The van der Waals surface area contributed by atoms with Gasteiger partial charge in [0.1, 0.15) is 6.07 Å². The molecule has 1 N–H and O–H groups in total. The van der Waals surface area contributed by atoms with E-state index in [0.29, 0.717) is 33.3 Å². The van der Waals surface area contributed by atoms with Gasteiger partial charge in [-0.2, -0.15) is 5.26 Å². The average molecular weight is 491 g/mol. The van der Waals surface area contributed by atoms with Crippen molar-refractivity contribution in [1.82, 2.24) is 0 Å². The van der Waals surface area contributed by atoms with Crippen LogP contribution in [-0.2, 0) is 14.3 Å². The van der Waals surface area contributed by atoms with Gasteiger partial charge >= 0.3 is 5.97 Å². The highest BCUT2D eigenvalue weighted by Crippen LogP contribution is 2.29. The van der Waals surface area contributed by atoms with E-state index < -0.39 is 18.0 Å². The van der Waals surface area contributed by atoms with E-state index in [-0.39, 0.29) is 6.61 Å². The molecule has 0 aromatic heterocycles. The summed E-state index contributed by atoms with van der Waals surface area (Å²) in [5.74, 6) is -0.405. The van der Waals surface area contributed by atoms with Crippen LogP contribution in [0.5, 0.6) is 11.5 Å². The highest BCUT2D eigenvalue weighted by atomic mass is 35.5. The Morgan fingerprint density at radius 1 is 1.09 bits per heavy atom. The number of hydrogen-bond donors (Lipinski definition) is 1. The van der Waals surface area contributed by atoms with Crippen molar-refractivity contribution in [2.45, 2.75) is 13.0 Å². The summed E-state index contributed by atoms with van der Waals surface area (Å²) >= 11 is 6.16. The Kier molecular flexibility index (Phi) is 8.88. The number of anilines is 1.